The number of anilines is 1. The normalized spacial score (nSPS) is 21.9. The van der Waals surface area contributed by atoms with Gasteiger partial charge in [0.05, 0.1) is 10.5 Å². The molecule has 2 atom stereocenters. The first-order chi connectivity index (χ1) is 9.83. The molecular weight excluding hydrogens is 336 g/mol. The van der Waals surface area contributed by atoms with Crippen LogP contribution in [0.25, 0.3) is 0 Å². The molecule has 0 spiro atoms. The lowest BCUT2D eigenvalue weighted by Gasteiger charge is -2.25. The molecule has 1 amide bonds. The zero-order chi connectivity index (χ0) is 15.5. The third-order valence-electron chi connectivity index (χ3n) is 3.15. The van der Waals surface area contributed by atoms with Crippen LogP contribution in [0.15, 0.2) is 16.9 Å². The fraction of sp³-hybridized carbons (Fsp3) is 0.643. The number of alkyl carbamates (subject to hydrolysis) is 1. The second kappa shape index (κ2) is 6.60. The Bertz CT molecular complexity index is 487. The molecule has 0 aliphatic heterocycles. The predicted octanol–water partition coefficient (Wildman–Crippen LogP) is 3.10. The van der Waals surface area contributed by atoms with Gasteiger partial charge in [0.25, 0.3) is 0 Å². The first kappa shape index (κ1) is 16.0. The highest BCUT2D eigenvalue weighted by Crippen LogP contribution is 2.22. The van der Waals surface area contributed by atoms with Crippen molar-refractivity contribution >= 4 is 28.0 Å². The molecule has 1 aliphatic carbocycles. The van der Waals surface area contributed by atoms with Crippen molar-refractivity contribution < 1.29 is 9.53 Å². The molecule has 0 saturated heterocycles. The van der Waals surface area contributed by atoms with E-state index in [1.54, 1.807) is 12.4 Å². The lowest BCUT2D eigenvalue weighted by molar-refractivity contribution is 0.0503. The average Bonchev–Trinajstić information content (AvgIpc) is 2.77. The van der Waals surface area contributed by atoms with Gasteiger partial charge in [0.1, 0.15) is 5.60 Å². The number of carbonyl (C=O) groups is 1. The van der Waals surface area contributed by atoms with Crippen LogP contribution >= 0.6 is 15.9 Å². The molecule has 1 aliphatic rings. The van der Waals surface area contributed by atoms with Crippen molar-refractivity contribution in [2.75, 3.05) is 5.32 Å². The van der Waals surface area contributed by atoms with E-state index in [1.165, 1.54) is 0 Å². The standard InChI is InChI=1S/C14H21BrN4O2/c1-14(2,3)21-13(20)19-11-6-4-5-10(11)18-12-16-7-9(15)8-17-12/h7-8,10-11H,4-6H2,1-3H3,(H,19,20)(H,16,17,18). The number of hydrogen-bond donors (Lipinski definition) is 2. The van der Waals surface area contributed by atoms with Gasteiger partial charge in [-0.1, -0.05) is 0 Å². The Kier molecular flexibility index (Phi) is 5.03. The Morgan fingerprint density at radius 1 is 1.29 bits per heavy atom. The van der Waals surface area contributed by atoms with Gasteiger partial charge in [-0.3, -0.25) is 0 Å². The Labute approximate surface area is 133 Å². The minimum atomic E-state index is -0.486. The largest absolute Gasteiger partial charge is 0.444 e. The number of amides is 1. The van der Waals surface area contributed by atoms with Crippen LogP contribution < -0.4 is 10.6 Å². The molecule has 1 aromatic rings. The highest BCUT2D eigenvalue weighted by atomic mass is 79.9. The van der Waals surface area contributed by atoms with E-state index in [9.17, 15) is 4.79 Å². The second-order valence-electron chi connectivity index (χ2n) is 6.16. The maximum atomic E-state index is 11.9. The predicted molar refractivity (Wildman–Crippen MR) is 84.2 cm³/mol. The molecule has 7 heteroatoms. The van der Waals surface area contributed by atoms with Gasteiger partial charge in [0.2, 0.25) is 5.95 Å². The minimum absolute atomic E-state index is 0.0343. The Hall–Kier alpha value is -1.37. The smallest absolute Gasteiger partial charge is 0.407 e. The first-order valence-corrected chi connectivity index (χ1v) is 7.86. The van der Waals surface area contributed by atoms with Gasteiger partial charge in [-0.15, -0.1) is 0 Å². The number of ether oxygens (including phenoxy) is 1. The summed E-state index contributed by atoms with van der Waals surface area (Å²) < 4.78 is 6.13. The van der Waals surface area contributed by atoms with E-state index in [-0.39, 0.29) is 18.2 Å². The van der Waals surface area contributed by atoms with E-state index < -0.39 is 5.60 Å². The molecule has 6 nitrogen and oxygen atoms in total. The average molecular weight is 357 g/mol. The van der Waals surface area contributed by atoms with Gasteiger partial charge in [-0.2, -0.15) is 0 Å². The number of nitrogens with zero attached hydrogens (tertiary/aromatic N) is 2. The third-order valence-corrected chi connectivity index (χ3v) is 3.56. The number of nitrogens with one attached hydrogen (secondary N) is 2. The first-order valence-electron chi connectivity index (χ1n) is 7.07. The topological polar surface area (TPSA) is 76.1 Å². The molecule has 0 radical (unpaired) electrons. The van der Waals surface area contributed by atoms with Crippen molar-refractivity contribution in [2.24, 2.45) is 0 Å². The Balaban J connectivity index is 1.91. The number of aromatic nitrogens is 2. The molecule has 0 bridgehead atoms. The summed E-state index contributed by atoms with van der Waals surface area (Å²) in [7, 11) is 0. The second-order valence-corrected chi connectivity index (χ2v) is 7.08. The Morgan fingerprint density at radius 3 is 2.52 bits per heavy atom. The lowest BCUT2D eigenvalue weighted by atomic mass is 10.2. The molecule has 1 saturated carbocycles. The number of hydrogen-bond acceptors (Lipinski definition) is 5. The summed E-state index contributed by atoms with van der Waals surface area (Å²) in [5.41, 5.74) is -0.486. The van der Waals surface area contributed by atoms with Crippen molar-refractivity contribution in [2.45, 2.75) is 57.7 Å². The van der Waals surface area contributed by atoms with Gasteiger partial charge in [0.15, 0.2) is 0 Å². The summed E-state index contributed by atoms with van der Waals surface area (Å²) in [4.78, 5) is 20.3. The lowest BCUT2D eigenvalue weighted by Crippen LogP contribution is -2.45. The molecule has 1 aromatic heterocycles. The van der Waals surface area contributed by atoms with E-state index in [2.05, 4.69) is 36.5 Å². The highest BCUT2D eigenvalue weighted by Gasteiger charge is 2.30. The van der Waals surface area contributed by atoms with Crippen LogP contribution in [0.5, 0.6) is 0 Å². The summed E-state index contributed by atoms with van der Waals surface area (Å²) in [5.74, 6) is 0.570. The Morgan fingerprint density at radius 2 is 1.90 bits per heavy atom. The summed E-state index contributed by atoms with van der Waals surface area (Å²) >= 11 is 3.30. The van der Waals surface area contributed by atoms with Crippen molar-refractivity contribution in [3.63, 3.8) is 0 Å². The summed E-state index contributed by atoms with van der Waals surface area (Å²) in [6, 6.07) is 0.158. The van der Waals surface area contributed by atoms with E-state index in [4.69, 9.17) is 4.74 Å². The van der Waals surface area contributed by atoms with Crippen LogP contribution in [0.2, 0.25) is 0 Å². The molecular formula is C14H21BrN4O2. The van der Waals surface area contributed by atoms with Crippen LogP contribution in [0, 0.1) is 0 Å². The monoisotopic (exact) mass is 356 g/mol. The summed E-state index contributed by atoms with van der Waals surface area (Å²) in [6.07, 6.45) is 5.96. The molecule has 0 aromatic carbocycles. The molecule has 2 N–H and O–H groups in total. The van der Waals surface area contributed by atoms with Crippen LogP contribution in [0.4, 0.5) is 10.7 Å². The van der Waals surface area contributed by atoms with Gasteiger partial charge in [-0.25, -0.2) is 14.8 Å². The molecule has 1 fully saturated rings. The maximum absolute atomic E-state index is 11.9. The molecule has 1 heterocycles. The van der Waals surface area contributed by atoms with E-state index in [0.29, 0.717) is 5.95 Å². The number of halogens is 1. The SMILES string of the molecule is CC(C)(C)OC(=O)NC1CCCC1Nc1ncc(Br)cn1. The number of rotatable bonds is 3. The van der Waals surface area contributed by atoms with E-state index >= 15 is 0 Å². The summed E-state index contributed by atoms with van der Waals surface area (Å²) in [6.45, 7) is 5.56. The molecule has 21 heavy (non-hydrogen) atoms. The fourth-order valence-corrected chi connectivity index (χ4v) is 2.52. The zero-order valence-electron chi connectivity index (χ0n) is 12.5. The minimum Gasteiger partial charge on any atom is -0.444 e. The van der Waals surface area contributed by atoms with Crippen molar-refractivity contribution in [3.05, 3.63) is 16.9 Å². The molecule has 2 unspecified atom stereocenters. The van der Waals surface area contributed by atoms with Crippen LogP contribution in [0.3, 0.4) is 0 Å². The molecule has 2 rings (SSSR count). The van der Waals surface area contributed by atoms with Crippen molar-refractivity contribution in [1.29, 1.82) is 0 Å². The van der Waals surface area contributed by atoms with Gasteiger partial charge in [0, 0.05) is 18.4 Å². The van der Waals surface area contributed by atoms with Gasteiger partial charge in [-0.05, 0) is 56.0 Å². The van der Waals surface area contributed by atoms with Crippen LogP contribution in [-0.2, 0) is 4.74 Å². The quantitative estimate of drug-likeness (QED) is 0.869. The number of carbonyl (C=O) groups excluding carboxylic acids is 1. The third kappa shape index (κ3) is 5.15. The molecule has 116 valence electrons. The van der Waals surface area contributed by atoms with Crippen molar-refractivity contribution in [3.8, 4) is 0 Å². The van der Waals surface area contributed by atoms with Crippen LogP contribution in [0.1, 0.15) is 40.0 Å². The van der Waals surface area contributed by atoms with Gasteiger partial charge >= 0.3 is 6.09 Å². The van der Waals surface area contributed by atoms with E-state index in [0.717, 1.165) is 23.7 Å². The van der Waals surface area contributed by atoms with Crippen LogP contribution in [-0.4, -0.2) is 33.7 Å². The maximum Gasteiger partial charge on any atom is 0.407 e. The highest BCUT2D eigenvalue weighted by molar-refractivity contribution is 9.10. The fourth-order valence-electron chi connectivity index (χ4n) is 2.32. The summed E-state index contributed by atoms with van der Waals surface area (Å²) in [5, 5.41) is 6.20. The van der Waals surface area contributed by atoms with Gasteiger partial charge < -0.3 is 15.4 Å². The zero-order valence-corrected chi connectivity index (χ0v) is 14.1. The van der Waals surface area contributed by atoms with E-state index in [1.807, 2.05) is 20.8 Å². The van der Waals surface area contributed by atoms with Crippen molar-refractivity contribution in [1.82, 2.24) is 15.3 Å².